The van der Waals surface area contributed by atoms with Gasteiger partial charge in [0.2, 0.25) is 11.8 Å². The van der Waals surface area contributed by atoms with Crippen LogP contribution in [0, 0.1) is 0 Å². The molecule has 0 unspecified atom stereocenters. The number of hydrogen-bond donors (Lipinski definition) is 1. The van der Waals surface area contributed by atoms with Crippen molar-refractivity contribution in [2.24, 2.45) is 5.73 Å². The van der Waals surface area contributed by atoms with Crippen LogP contribution in [-0.2, 0) is 17.5 Å². The molecule has 38 heavy (non-hydrogen) atoms. The Kier molecular flexibility index (Phi) is 6.99. The quantitative estimate of drug-likeness (QED) is 0.529. The maximum atomic E-state index is 13.4. The van der Waals surface area contributed by atoms with Gasteiger partial charge < -0.3 is 24.7 Å². The van der Waals surface area contributed by atoms with Gasteiger partial charge in [0.25, 0.3) is 5.91 Å². The van der Waals surface area contributed by atoms with Crippen LogP contribution in [0.15, 0.2) is 28.7 Å². The number of ether oxygens (including phenoxy) is 1. The molecule has 2 saturated heterocycles. The summed E-state index contributed by atoms with van der Waals surface area (Å²) in [4.78, 5) is 37.5. The molecule has 0 spiro atoms. The highest BCUT2D eigenvalue weighted by Crippen LogP contribution is 2.37. The Hall–Kier alpha value is -3.67. The molecule has 2 fully saturated rings. The van der Waals surface area contributed by atoms with E-state index in [1.165, 1.54) is 19.2 Å². The first-order chi connectivity index (χ1) is 18.2. The van der Waals surface area contributed by atoms with Crippen molar-refractivity contribution in [1.29, 1.82) is 0 Å². The maximum absolute atomic E-state index is 13.4. The van der Waals surface area contributed by atoms with E-state index in [1.807, 2.05) is 4.90 Å². The molecular weight excluding hydrogens is 503 g/mol. The highest BCUT2D eigenvalue weighted by molar-refractivity contribution is 5.98. The van der Waals surface area contributed by atoms with Crippen molar-refractivity contribution >= 4 is 22.7 Å². The summed E-state index contributed by atoms with van der Waals surface area (Å²) in [5, 5.41) is 0.327. The number of carbonyl (C=O) groups is 2. The van der Waals surface area contributed by atoms with Crippen LogP contribution in [0.1, 0.15) is 54.0 Å². The Labute approximate surface area is 216 Å². The smallest absolute Gasteiger partial charge is 0.433 e. The van der Waals surface area contributed by atoms with Gasteiger partial charge in [0.15, 0.2) is 11.5 Å². The van der Waals surface area contributed by atoms with E-state index in [9.17, 15) is 22.8 Å². The Balaban J connectivity index is 1.42. The minimum atomic E-state index is -4.63. The van der Waals surface area contributed by atoms with Crippen molar-refractivity contribution in [2.75, 3.05) is 26.7 Å². The van der Waals surface area contributed by atoms with Gasteiger partial charge in [-0.2, -0.15) is 13.2 Å². The van der Waals surface area contributed by atoms with E-state index in [0.29, 0.717) is 43.3 Å². The van der Waals surface area contributed by atoms with E-state index in [4.69, 9.17) is 14.9 Å². The van der Waals surface area contributed by atoms with Gasteiger partial charge in [-0.3, -0.25) is 9.59 Å². The number of rotatable bonds is 5. The van der Waals surface area contributed by atoms with Crippen LogP contribution in [0.3, 0.4) is 0 Å². The van der Waals surface area contributed by atoms with Crippen LogP contribution < -0.4 is 10.5 Å². The summed E-state index contributed by atoms with van der Waals surface area (Å²) in [7, 11) is 1.34. The standard InChI is InChI=1S/C26H28F3N5O4/c1-37-18-7-5-17(16-6-8-20(26(27,28)29)31-22(16)18)24-32-23(19(14-30)38-24)25(36)33-12-9-15(10-13-33)34-11-3-2-4-21(34)35/h5-8,15H,2-4,9-14,30H2,1H3. The lowest BCUT2D eigenvalue weighted by Gasteiger charge is -2.40. The van der Waals surface area contributed by atoms with Crippen molar-refractivity contribution in [2.45, 2.75) is 50.9 Å². The first-order valence-electron chi connectivity index (χ1n) is 12.5. The number of benzene rings is 1. The van der Waals surface area contributed by atoms with Gasteiger partial charge in [-0.05, 0) is 49.9 Å². The third-order valence-corrected chi connectivity index (χ3v) is 7.20. The maximum Gasteiger partial charge on any atom is 0.433 e. The number of carbonyl (C=O) groups excluding carboxylic acids is 2. The second-order valence-corrected chi connectivity index (χ2v) is 9.47. The van der Waals surface area contributed by atoms with Crippen LogP contribution in [0.5, 0.6) is 5.75 Å². The fourth-order valence-electron chi connectivity index (χ4n) is 5.22. The lowest BCUT2D eigenvalue weighted by molar-refractivity contribution is -0.141. The molecule has 0 atom stereocenters. The molecule has 9 nitrogen and oxygen atoms in total. The zero-order chi connectivity index (χ0) is 27.0. The Morgan fingerprint density at radius 2 is 1.89 bits per heavy atom. The molecule has 202 valence electrons. The van der Waals surface area contributed by atoms with Crippen molar-refractivity contribution in [3.63, 3.8) is 0 Å². The molecule has 1 aromatic carbocycles. The summed E-state index contributed by atoms with van der Waals surface area (Å²) in [6.07, 6.45) is -0.772. The summed E-state index contributed by atoms with van der Waals surface area (Å²) in [6, 6.07) is 5.35. The first kappa shape index (κ1) is 26.0. The lowest BCUT2D eigenvalue weighted by Crippen LogP contribution is -2.50. The predicted molar refractivity (Wildman–Crippen MR) is 131 cm³/mol. The monoisotopic (exact) mass is 531 g/mol. The number of halogens is 3. The normalized spacial score (nSPS) is 17.3. The molecule has 2 amide bonds. The highest BCUT2D eigenvalue weighted by Gasteiger charge is 2.34. The molecule has 2 aliphatic heterocycles. The number of piperidine rings is 2. The molecule has 0 saturated carbocycles. The predicted octanol–water partition coefficient (Wildman–Crippen LogP) is 3.99. The molecule has 2 aliphatic rings. The summed E-state index contributed by atoms with van der Waals surface area (Å²) in [6.45, 7) is 1.61. The number of amides is 2. The van der Waals surface area contributed by atoms with E-state index >= 15 is 0 Å². The Morgan fingerprint density at radius 1 is 1.13 bits per heavy atom. The highest BCUT2D eigenvalue weighted by atomic mass is 19.4. The van der Waals surface area contributed by atoms with E-state index in [-0.39, 0.29) is 53.0 Å². The summed E-state index contributed by atoms with van der Waals surface area (Å²) >= 11 is 0. The molecule has 3 aromatic rings. The fourth-order valence-corrected chi connectivity index (χ4v) is 5.22. The van der Waals surface area contributed by atoms with Crippen molar-refractivity contribution in [1.82, 2.24) is 19.8 Å². The molecule has 0 radical (unpaired) electrons. The van der Waals surface area contributed by atoms with Crippen molar-refractivity contribution in [3.8, 4) is 17.2 Å². The second-order valence-electron chi connectivity index (χ2n) is 9.47. The van der Waals surface area contributed by atoms with Gasteiger partial charge in [-0.25, -0.2) is 9.97 Å². The van der Waals surface area contributed by atoms with Crippen LogP contribution >= 0.6 is 0 Å². The average molecular weight is 532 g/mol. The topological polar surface area (TPSA) is 115 Å². The van der Waals surface area contributed by atoms with Gasteiger partial charge >= 0.3 is 6.18 Å². The molecular formula is C26H28F3N5O4. The van der Waals surface area contributed by atoms with Crippen LogP contribution in [0.4, 0.5) is 13.2 Å². The third kappa shape index (κ3) is 4.80. The number of aromatic nitrogens is 2. The number of hydrogen-bond acceptors (Lipinski definition) is 7. The SMILES string of the molecule is COc1ccc(-c2nc(C(=O)N3CCC(N4CCCCC4=O)CC3)c(CN)o2)c2ccc(C(F)(F)F)nc12. The van der Waals surface area contributed by atoms with Gasteiger partial charge in [0.1, 0.15) is 17.0 Å². The fraction of sp³-hybridized carbons (Fsp3) is 0.462. The minimum Gasteiger partial charge on any atom is -0.494 e. The Bertz CT molecular complexity index is 1360. The van der Waals surface area contributed by atoms with Gasteiger partial charge in [0.05, 0.1) is 13.7 Å². The zero-order valence-corrected chi connectivity index (χ0v) is 20.9. The van der Waals surface area contributed by atoms with E-state index in [1.54, 1.807) is 11.0 Å². The zero-order valence-electron chi connectivity index (χ0n) is 20.9. The molecule has 2 aromatic heterocycles. The third-order valence-electron chi connectivity index (χ3n) is 7.20. The number of fused-ring (bicyclic) bond motifs is 1. The molecule has 4 heterocycles. The minimum absolute atomic E-state index is 0.00506. The van der Waals surface area contributed by atoms with Gasteiger partial charge in [-0.1, -0.05) is 0 Å². The second kappa shape index (κ2) is 10.2. The number of likely N-dealkylation sites (tertiary alicyclic amines) is 2. The molecule has 2 N–H and O–H groups in total. The average Bonchev–Trinajstić information content (AvgIpc) is 3.36. The lowest BCUT2D eigenvalue weighted by atomic mass is 9.99. The van der Waals surface area contributed by atoms with E-state index in [2.05, 4.69) is 9.97 Å². The summed E-state index contributed by atoms with van der Waals surface area (Å²) in [5.74, 6) is 0.237. The van der Waals surface area contributed by atoms with E-state index in [0.717, 1.165) is 25.5 Å². The largest absolute Gasteiger partial charge is 0.494 e. The molecule has 0 aliphatic carbocycles. The number of pyridine rings is 1. The summed E-state index contributed by atoms with van der Waals surface area (Å²) in [5.41, 5.74) is 5.23. The van der Waals surface area contributed by atoms with Gasteiger partial charge in [-0.15, -0.1) is 0 Å². The van der Waals surface area contributed by atoms with Crippen LogP contribution in [0.25, 0.3) is 22.4 Å². The number of nitrogens with zero attached hydrogens (tertiary/aromatic N) is 4. The molecule has 12 heteroatoms. The number of oxazole rings is 1. The summed E-state index contributed by atoms with van der Waals surface area (Å²) < 4.78 is 50.9. The Morgan fingerprint density at radius 3 is 2.55 bits per heavy atom. The van der Waals surface area contributed by atoms with Crippen LogP contribution in [0.2, 0.25) is 0 Å². The van der Waals surface area contributed by atoms with Crippen molar-refractivity contribution in [3.05, 3.63) is 41.4 Å². The number of alkyl halides is 3. The number of nitrogens with two attached hydrogens (primary N) is 1. The number of methoxy groups -OCH3 is 1. The first-order valence-corrected chi connectivity index (χ1v) is 12.5. The molecule has 5 rings (SSSR count). The van der Waals surface area contributed by atoms with Crippen LogP contribution in [-0.4, -0.2) is 64.4 Å². The van der Waals surface area contributed by atoms with E-state index < -0.39 is 11.9 Å². The molecule has 0 bridgehead atoms. The van der Waals surface area contributed by atoms with Gasteiger partial charge in [0, 0.05) is 43.0 Å². The van der Waals surface area contributed by atoms with Crippen molar-refractivity contribution < 1.29 is 31.9 Å².